The van der Waals surface area contributed by atoms with Gasteiger partial charge in [-0.15, -0.1) is 0 Å². The van der Waals surface area contributed by atoms with Crippen LogP contribution in [-0.2, 0) is 12.8 Å². The van der Waals surface area contributed by atoms with Crippen LogP contribution in [0.25, 0.3) is 0 Å². The second-order valence-corrected chi connectivity index (χ2v) is 6.24. The fourth-order valence-electron chi connectivity index (χ4n) is 3.56. The number of hydrogen-bond acceptors (Lipinski definition) is 2. The SMILES string of the molecule is CC1CCCCN1CC(O)c1ccc2c(c1)CCC2. The van der Waals surface area contributed by atoms with Gasteiger partial charge in [-0.3, -0.25) is 4.90 Å². The average molecular weight is 259 g/mol. The van der Waals surface area contributed by atoms with E-state index in [-0.39, 0.29) is 6.10 Å². The smallest absolute Gasteiger partial charge is 0.0917 e. The maximum atomic E-state index is 10.5. The monoisotopic (exact) mass is 259 g/mol. The van der Waals surface area contributed by atoms with E-state index in [9.17, 15) is 5.11 Å². The van der Waals surface area contributed by atoms with Crippen molar-refractivity contribution in [2.24, 2.45) is 0 Å². The first-order valence-electron chi connectivity index (χ1n) is 7.78. The molecule has 1 N–H and O–H groups in total. The van der Waals surface area contributed by atoms with Crippen molar-refractivity contribution >= 4 is 0 Å². The number of aryl methyl sites for hydroxylation is 2. The Bertz CT molecular complexity index is 443. The van der Waals surface area contributed by atoms with E-state index in [4.69, 9.17) is 0 Å². The highest BCUT2D eigenvalue weighted by Gasteiger charge is 2.22. The van der Waals surface area contributed by atoms with Gasteiger partial charge in [0.05, 0.1) is 6.10 Å². The molecule has 0 radical (unpaired) electrons. The normalized spacial score (nSPS) is 25.3. The number of β-amino-alcohol motifs (C(OH)–C–C–N with tert-alkyl or cyclic N) is 1. The summed E-state index contributed by atoms with van der Waals surface area (Å²) in [7, 11) is 0. The molecular weight excluding hydrogens is 234 g/mol. The van der Waals surface area contributed by atoms with Crippen molar-refractivity contribution in [2.75, 3.05) is 13.1 Å². The van der Waals surface area contributed by atoms with Crippen LogP contribution < -0.4 is 0 Å². The lowest BCUT2D eigenvalue weighted by Crippen LogP contribution is -2.40. The van der Waals surface area contributed by atoms with E-state index in [0.717, 1.165) is 18.7 Å². The minimum atomic E-state index is -0.327. The summed E-state index contributed by atoms with van der Waals surface area (Å²) in [6, 6.07) is 7.21. The molecule has 0 saturated carbocycles. The molecule has 1 aromatic carbocycles. The predicted molar refractivity (Wildman–Crippen MR) is 78.3 cm³/mol. The van der Waals surface area contributed by atoms with Crippen molar-refractivity contribution in [3.05, 3.63) is 34.9 Å². The fourth-order valence-corrected chi connectivity index (χ4v) is 3.56. The van der Waals surface area contributed by atoms with Crippen LogP contribution in [-0.4, -0.2) is 29.1 Å². The van der Waals surface area contributed by atoms with E-state index < -0.39 is 0 Å². The molecule has 104 valence electrons. The molecule has 19 heavy (non-hydrogen) atoms. The molecule has 2 heteroatoms. The second kappa shape index (κ2) is 5.64. The number of rotatable bonds is 3. The maximum Gasteiger partial charge on any atom is 0.0917 e. The number of aliphatic hydroxyl groups is 1. The third kappa shape index (κ3) is 2.85. The molecule has 0 aromatic heterocycles. The van der Waals surface area contributed by atoms with Gasteiger partial charge in [0.15, 0.2) is 0 Å². The summed E-state index contributed by atoms with van der Waals surface area (Å²) in [6.07, 6.45) is 7.25. The Morgan fingerprint density at radius 2 is 2.05 bits per heavy atom. The van der Waals surface area contributed by atoms with Crippen LogP contribution in [0.3, 0.4) is 0 Å². The zero-order valence-electron chi connectivity index (χ0n) is 11.9. The van der Waals surface area contributed by atoms with Gasteiger partial charge in [-0.25, -0.2) is 0 Å². The van der Waals surface area contributed by atoms with Crippen LogP contribution in [0.1, 0.15) is 55.4 Å². The number of likely N-dealkylation sites (tertiary alicyclic amines) is 1. The molecule has 1 aliphatic carbocycles. The third-order valence-electron chi connectivity index (χ3n) is 4.86. The fraction of sp³-hybridized carbons (Fsp3) is 0.647. The molecule has 2 nitrogen and oxygen atoms in total. The van der Waals surface area contributed by atoms with Gasteiger partial charge in [-0.05, 0) is 62.3 Å². The van der Waals surface area contributed by atoms with Crippen LogP contribution >= 0.6 is 0 Å². The second-order valence-electron chi connectivity index (χ2n) is 6.24. The van der Waals surface area contributed by atoms with Gasteiger partial charge < -0.3 is 5.11 Å². The quantitative estimate of drug-likeness (QED) is 0.901. The molecule has 0 amide bonds. The number of piperidine rings is 1. The summed E-state index contributed by atoms with van der Waals surface area (Å²) in [4.78, 5) is 2.45. The molecule has 2 unspecified atom stereocenters. The molecule has 2 aliphatic rings. The molecule has 3 rings (SSSR count). The standard InChI is InChI=1S/C17H25NO/c1-13-5-2-3-10-18(13)12-17(19)16-9-8-14-6-4-7-15(14)11-16/h8-9,11,13,17,19H,2-7,10,12H2,1H3. The number of nitrogens with zero attached hydrogens (tertiary/aromatic N) is 1. The van der Waals surface area contributed by atoms with Gasteiger partial charge in [0.2, 0.25) is 0 Å². The number of hydrogen-bond donors (Lipinski definition) is 1. The third-order valence-corrected chi connectivity index (χ3v) is 4.86. The van der Waals surface area contributed by atoms with Crippen molar-refractivity contribution < 1.29 is 5.11 Å². The lowest BCUT2D eigenvalue weighted by atomic mass is 9.99. The van der Waals surface area contributed by atoms with Crippen molar-refractivity contribution in [3.8, 4) is 0 Å². The summed E-state index contributed by atoms with van der Waals surface area (Å²) in [5.74, 6) is 0. The Morgan fingerprint density at radius 3 is 2.89 bits per heavy atom. The van der Waals surface area contributed by atoms with E-state index in [1.54, 1.807) is 0 Å². The van der Waals surface area contributed by atoms with Crippen molar-refractivity contribution in [1.29, 1.82) is 0 Å². The van der Waals surface area contributed by atoms with Crippen LogP contribution in [0.2, 0.25) is 0 Å². The Labute approximate surface area is 116 Å². The molecule has 2 atom stereocenters. The topological polar surface area (TPSA) is 23.5 Å². The Hall–Kier alpha value is -0.860. The number of fused-ring (bicyclic) bond motifs is 1. The van der Waals surface area contributed by atoms with Gasteiger partial charge in [-0.1, -0.05) is 24.6 Å². The van der Waals surface area contributed by atoms with E-state index in [1.807, 2.05) is 0 Å². The zero-order chi connectivity index (χ0) is 13.2. The summed E-state index contributed by atoms with van der Waals surface area (Å²) in [5, 5.41) is 10.5. The lowest BCUT2D eigenvalue weighted by molar-refractivity contribution is 0.0732. The first kappa shape index (κ1) is 13.1. The average Bonchev–Trinajstić information content (AvgIpc) is 2.88. The number of benzene rings is 1. The zero-order valence-corrected chi connectivity index (χ0v) is 11.9. The minimum Gasteiger partial charge on any atom is -0.387 e. The molecule has 0 spiro atoms. The lowest BCUT2D eigenvalue weighted by Gasteiger charge is -2.34. The van der Waals surface area contributed by atoms with Gasteiger partial charge in [0, 0.05) is 12.6 Å². The summed E-state index contributed by atoms with van der Waals surface area (Å²) in [6.45, 7) is 4.22. The largest absolute Gasteiger partial charge is 0.387 e. The number of aliphatic hydroxyl groups excluding tert-OH is 1. The molecule has 1 fully saturated rings. The van der Waals surface area contributed by atoms with E-state index in [2.05, 4.69) is 30.0 Å². The maximum absolute atomic E-state index is 10.5. The van der Waals surface area contributed by atoms with E-state index >= 15 is 0 Å². The van der Waals surface area contributed by atoms with Crippen LogP contribution in [0.4, 0.5) is 0 Å². The summed E-state index contributed by atoms with van der Waals surface area (Å²) >= 11 is 0. The Kier molecular flexibility index (Phi) is 3.90. The first-order valence-corrected chi connectivity index (χ1v) is 7.78. The molecule has 1 saturated heterocycles. The van der Waals surface area contributed by atoms with Crippen molar-refractivity contribution in [1.82, 2.24) is 4.90 Å². The Morgan fingerprint density at radius 1 is 1.21 bits per heavy atom. The Balaban J connectivity index is 1.68. The summed E-state index contributed by atoms with van der Waals surface area (Å²) in [5.41, 5.74) is 4.06. The highest BCUT2D eigenvalue weighted by atomic mass is 16.3. The summed E-state index contributed by atoms with van der Waals surface area (Å²) < 4.78 is 0. The van der Waals surface area contributed by atoms with E-state index in [0.29, 0.717) is 6.04 Å². The highest BCUT2D eigenvalue weighted by Crippen LogP contribution is 2.27. The van der Waals surface area contributed by atoms with Gasteiger partial charge in [0.25, 0.3) is 0 Å². The van der Waals surface area contributed by atoms with Crippen LogP contribution in [0.15, 0.2) is 18.2 Å². The van der Waals surface area contributed by atoms with Gasteiger partial charge in [0.1, 0.15) is 0 Å². The molecule has 1 aliphatic heterocycles. The van der Waals surface area contributed by atoms with Crippen molar-refractivity contribution in [3.63, 3.8) is 0 Å². The predicted octanol–water partition coefficient (Wildman–Crippen LogP) is 3.08. The van der Waals surface area contributed by atoms with Crippen molar-refractivity contribution in [2.45, 2.75) is 57.6 Å². The molecule has 1 aromatic rings. The molecule has 1 heterocycles. The minimum absolute atomic E-state index is 0.327. The van der Waals surface area contributed by atoms with Crippen LogP contribution in [0, 0.1) is 0 Å². The first-order chi connectivity index (χ1) is 9.24. The highest BCUT2D eigenvalue weighted by molar-refractivity contribution is 5.36. The van der Waals surface area contributed by atoms with Gasteiger partial charge in [-0.2, -0.15) is 0 Å². The van der Waals surface area contributed by atoms with E-state index in [1.165, 1.54) is 49.7 Å². The van der Waals surface area contributed by atoms with Gasteiger partial charge >= 0.3 is 0 Å². The molecular formula is C17H25NO. The molecule has 0 bridgehead atoms. The van der Waals surface area contributed by atoms with Crippen LogP contribution in [0.5, 0.6) is 0 Å².